The van der Waals surface area contributed by atoms with E-state index in [1.807, 2.05) is 87.5 Å². The van der Waals surface area contributed by atoms with E-state index in [0.717, 1.165) is 54.2 Å². The second-order valence-electron chi connectivity index (χ2n) is 11.7. The second-order valence-corrected chi connectivity index (χ2v) is 13.6. The number of rotatable bonds is 12. The highest BCUT2D eigenvalue weighted by molar-refractivity contribution is 7.92. The zero-order valence-electron chi connectivity index (χ0n) is 25.1. The summed E-state index contributed by atoms with van der Waals surface area (Å²) in [5, 5.41) is 3.21. The van der Waals surface area contributed by atoms with Crippen LogP contribution in [0, 0.1) is 6.92 Å². The van der Waals surface area contributed by atoms with Gasteiger partial charge in [0, 0.05) is 19.0 Å². The summed E-state index contributed by atoms with van der Waals surface area (Å²) in [6, 6.07) is 24.0. The summed E-state index contributed by atoms with van der Waals surface area (Å²) in [5.41, 5.74) is 4.16. The zero-order valence-corrected chi connectivity index (χ0v) is 25.9. The van der Waals surface area contributed by atoms with Gasteiger partial charge >= 0.3 is 0 Å². The van der Waals surface area contributed by atoms with E-state index >= 15 is 0 Å². The third-order valence-corrected chi connectivity index (χ3v) is 9.04. The molecule has 0 aromatic heterocycles. The first-order chi connectivity index (χ1) is 20.0. The van der Waals surface area contributed by atoms with E-state index in [2.05, 4.69) is 5.32 Å². The molecule has 8 heteroatoms. The molecule has 0 radical (unpaired) electrons. The molecular weight excluding hydrogens is 546 g/mol. The molecule has 42 heavy (non-hydrogen) atoms. The number of benzene rings is 3. The summed E-state index contributed by atoms with van der Waals surface area (Å²) in [5.74, 6) is -0.588. The number of para-hydroxylation sites is 1. The molecule has 1 saturated carbocycles. The summed E-state index contributed by atoms with van der Waals surface area (Å²) in [6.07, 6.45) is 5.42. The van der Waals surface area contributed by atoms with Gasteiger partial charge in [0.2, 0.25) is 21.8 Å². The van der Waals surface area contributed by atoms with Gasteiger partial charge in [0.25, 0.3) is 0 Å². The van der Waals surface area contributed by atoms with E-state index in [1.54, 1.807) is 17.0 Å². The van der Waals surface area contributed by atoms with Gasteiger partial charge in [-0.05, 0) is 48.4 Å². The van der Waals surface area contributed by atoms with Crippen molar-refractivity contribution in [2.45, 2.75) is 77.4 Å². The number of sulfonamides is 1. The molecule has 1 fully saturated rings. The predicted molar refractivity (Wildman–Crippen MR) is 169 cm³/mol. The van der Waals surface area contributed by atoms with Crippen molar-refractivity contribution in [3.8, 4) is 0 Å². The SMILES string of the molecule is Cc1cccc(CN(C(=O)CN(c2ccccc2C(C)C)S(C)(=O)=O)[C@H](Cc2ccccc2)C(=O)NC2CCCC2)c1. The number of amides is 2. The van der Waals surface area contributed by atoms with E-state index in [9.17, 15) is 18.0 Å². The summed E-state index contributed by atoms with van der Waals surface area (Å²) < 4.78 is 27.5. The highest BCUT2D eigenvalue weighted by atomic mass is 32.2. The molecule has 0 aliphatic heterocycles. The van der Waals surface area contributed by atoms with Crippen LogP contribution in [0.4, 0.5) is 5.69 Å². The molecule has 0 spiro atoms. The molecule has 1 N–H and O–H groups in total. The fourth-order valence-corrected chi connectivity index (χ4v) is 6.59. The van der Waals surface area contributed by atoms with Gasteiger partial charge in [0.15, 0.2) is 0 Å². The summed E-state index contributed by atoms with van der Waals surface area (Å²) in [4.78, 5) is 29.9. The van der Waals surface area contributed by atoms with Crippen LogP contribution in [0.3, 0.4) is 0 Å². The Hall–Kier alpha value is -3.65. The fourth-order valence-electron chi connectivity index (χ4n) is 5.73. The van der Waals surface area contributed by atoms with Gasteiger partial charge in [0.05, 0.1) is 11.9 Å². The van der Waals surface area contributed by atoms with Crippen molar-refractivity contribution in [2.24, 2.45) is 0 Å². The van der Waals surface area contributed by atoms with Crippen molar-refractivity contribution < 1.29 is 18.0 Å². The number of hydrogen-bond donors (Lipinski definition) is 1. The number of carbonyl (C=O) groups excluding carboxylic acids is 2. The number of anilines is 1. The van der Waals surface area contributed by atoms with Crippen LogP contribution in [0.5, 0.6) is 0 Å². The van der Waals surface area contributed by atoms with Crippen LogP contribution >= 0.6 is 0 Å². The Bertz CT molecular complexity index is 1470. The molecule has 3 aromatic carbocycles. The highest BCUT2D eigenvalue weighted by Crippen LogP contribution is 2.29. The number of hydrogen-bond acceptors (Lipinski definition) is 4. The van der Waals surface area contributed by atoms with Gasteiger partial charge in [-0.25, -0.2) is 8.42 Å². The van der Waals surface area contributed by atoms with Crippen LogP contribution in [0.15, 0.2) is 78.9 Å². The summed E-state index contributed by atoms with van der Waals surface area (Å²) >= 11 is 0. The molecule has 3 aromatic rings. The maximum absolute atomic E-state index is 14.4. The van der Waals surface area contributed by atoms with Crippen molar-refractivity contribution in [1.29, 1.82) is 0 Å². The first kappa shape index (κ1) is 31.3. The lowest BCUT2D eigenvalue weighted by atomic mass is 10.0. The van der Waals surface area contributed by atoms with Crippen molar-refractivity contribution in [3.05, 3.63) is 101 Å². The Morgan fingerprint density at radius 2 is 1.55 bits per heavy atom. The largest absolute Gasteiger partial charge is 0.352 e. The van der Waals surface area contributed by atoms with Crippen LogP contribution in [-0.2, 0) is 32.6 Å². The van der Waals surface area contributed by atoms with Crippen molar-refractivity contribution in [1.82, 2.24) is 10.2 Å². The lowest BCUT2D eigenvalue weighted by Gasteiger charge is -2.34. The Morgan fingerprint density at radius 3 is 2.19 bits per heavy atom. The van der Waals surface area contributed by atoms with Crippen LogP contribution in [0.25, 0.3) is 0 Å². The van der Waals surface area contributed by atoms with E-state index in [4.69, 9.17) is 0 Å². The van der Waals surface area contributed by atoms with Gasteiger partial charge in [-0.1, -0.05) is 105 Å². The molecule has 4 rings (SSSR count). The molecule has 1 aliphatic carbocycles. The average molecular weight is 590 g/mol. The van der Waals surface area contributed by atoms with Crippen molar-refractivity contribution in [2.75, 3.05) is 17.1 Å². The first-order valence-corrected chi connectivity index (χ1v) is 16.6. The summed E-state index contributed by atoms with van der Waals surface area (Å²) in [7, 11) is -3.82. The van der Waals surface area contributed by atoms with Gasteiger partial charge in [-0.3, -0.25) is 13.9 Å². The van der Waals surface area contributed by atoms with Gasteiger partial charge in [-0.15, -0.1) is 0 Å². The Morgan fingerprint density at radius 1 is 0.905 bits per heavy atom. The quantitative estimate of drug-likeness (QED) is 0.299. The van der Waals surface area contributed by atoms with Gasteiger partial charge in [-0.2, -0.15) is 0 Å². The minimum absolute atomic E-state index is 0.0481. The molecule has 1 aliphatic rings. The van der Waals surface area contributed by atoms with Crippen LogP contribution in [0.2, 0.25) is 0 Å². The fraction of sp³-hybridized carbons (Fsp3) is 0.412. The maximum Gasteiger partial charge on any atom is 0.244 e. The monoisotopic (exact) mass is 589 g/mol. The lowest BCUT2D eigenvalue weighted by molar-refractivity contribution is -0.140. The number of nitrogens with zero attached hydrogens (tertiary/aromatic N) is 2. The maximum atomic E-state index is 14.4. The molecule has 2 amide bonds. The summed E-state index contributed by atoms with van der Waals surface area (Å²) in [6.45, 7) is 5.75. The molecule has 0 unspecified atom stereocenters. The number of aryl methyl sites for hydroxylation is 1. The Labute approximate surface area is 251 Å². The third-order valence-electron chi connectivity index (χ3n) is 7.91. The number of carbonyl (C=O) groups is 2. The molecule has 7 nitrogen and oxygen atoms in total. The minimum Gasteiger partial charge on any atom is -0.352 e. The molecule has 224 valence electrons. The second kappa shape index (κ2) is 14.0. The average Bonchev–Trinajstić information content (AvgIpc) is 3.46. The predicted octanol–water partition coefficient (Wildman–Crippen LogP) is 5.58. The lowest BCUT2D eigenvalue weighted by Crippen LogP contribution is -2.54. The Kier molecular flexibility index (Phi) is 10.4. The zero-order chi connectivity index (χ0) is 30.3. The van der Waals surface area contributed by atoms with Crippen LogP contribution in [0.1, 0.15) is 67.7 Å². The molecule has 1 atom stereocenters. The van der Waals surface area contributed by atoms with E-state index in [1.165, 1.54) is 4.31 Å². The van der Waals surface area contributed by atoms with Gasteiger partial charge in [0.1, 0.15) is 12.6 Å². The van der Waals surface area contributed by atoms with Crippen LogP contribution < -0.4 is 9.62 Å². The van der Waals surface area contributed by atoms with E-state index in [-0.39, 0.29) is 24.4 Å². The Balaban J connectivity index is 1.75. The van der Waals surface area contributed by atoms with Crippen LogP contribution in [-0.4, -0.2) is 50.0 Å². The smallest absolute Gasteiger partial charge is 0.244 e. The minimum atomic E-state index is -3.82. The normalized spacial score (nSPS) is 14.5. The van der Waals surface area contributed by atoms with Gasteiger partial charge < -0.3 is 10.2 Å². The molecule has 0 bridgehead atoms. The molecule has 0 heterocycles. The third kappa shape index (κ3) is 8.22. The highest BCUT2D eigenvalue weighted by Gasteiger charge is 2.34. The number of nitrogens with one attached hydrogen (secondary N) is 1. The van der Waals surface area contributed by atoms with Crippen molar-refractivity contribution >= 4 is 27.5 Å². The van der Waals surface area contributed by atoms with E-state index < -0.39 is 28.5 Å². The topological polar surface area (TPSA) is 86.8 Å². The standard InChI is InChI=1S/C34H43N3O4S/c1-25(2)30-19-10-11-20-31(30)37(42(4,40)41)24-33(38)36(23-28-16-12-13-26(3)21-28)32(22-27-14-6-5-7-15-27)34(39)35-29-17-8-9-18-29/h5-7,10-16,19-21,25,29,32H,8-9,17-18,22-24H2,1-4H3,(H,35,39)/t32-/m1/s1. The first-order valence-electron chi connectivity index (χ1n) is 14.8. The molecular formula is C34H43N3O4S. The van der Waals surface area contributed by atoms with E-state index in [0.29, 0.717) is 12.1 Å². The van der Waals surface area contributed by atoms with Crippen molar-refractivity contribution in [3.63, 3.8) is 0 Å². The molecule has 0 saturated heterocycles.